The predicted octanol–water partition coefficient (Wildman–Crippen LogP) is 1.72. The summed E-state index contributed by atoms with van der Waals surface area (Å²) in [7, 11) is -0.563. The zero-order valence-electron chi connectivity index (χ0n) is 12.2. The second-order valence-corrected chi connectivity index (χ2v) is 7.87. The van der Waals surface area contributed by atoms with Crippen LogP contribution in [-0.2, 0) is 16.3 Å². The van der Waals surface area contributed by atoms with Crippen LogP contribution in [0.5, 0.6) is 0 Å². The summed E-state index contributed by atoms with van der Waals surface area (Å²) in [5.41, 5.74) is 1.40. The van der Waals surface area contributed by atoms with E-state index in [4.69, 9.17) is 0 Å². The minimum Gasteiger partial charge on any atom is -0.305 e. The van der Waals surface area contributed by atoms with Gasteiger partial charge in [0.2, 0.25) is 0 Å². The van der Waals surface area contributed by atoms with Crippen LogP contribution in [0.25, 0.3) is 0 Å². The van der Waals surface area contributed by atoms with E-state index in [0.717, 1.165) is 44.0 Å². The lowest BCUT2D eigenvalue weighted by atomic mass is 9.88. The Morgan fingerprint density at radius 2 is 1.95 bits per heavy atom. The highest BCUT2D eigenvalue weighted by Gasteiger charge is 2.35. The van der Waals surface area contributed by atoms with Gasteiger partial charge in [-0.3, -0.25) is 9.11 Å². The summed E-state index contributed by atoms with van der Waals surface area (Å²) in [6.45, 7) is 5.49. The summed E-state index contributed by atoms with van der Waals surface area (Å²) in [6.07, 6.45) is 2.19. The van der Waals surface area contributed by atoms with Gasteiger partial charge < -0.3 is 5.32 Å². The van der Waals surface area contributed by atoms with Crippen molar-refractivity contribution in [2.45, 2.75) is 31.3 Å². The minimum atomic E-state index is -0.563. The highest BCUT2D eigenvalue weighted by molar-refractivity contribution is 7.85. The largest absolute Gasteiger partial charge is 0.305 e. The zero-order chi connectivity index (χ0) is 14.0. The molecule has 1 aromatic rings. The summed E-state index contributed by atoms with van der Waals surface area (Å²) in [4.78, 5) is 2.61. The van der Waals surface area contributed by atoms with E-state index in [0.29, 0.717) is 6.04 Å². The van der Waals surface area contributed by atoms with Crippen molar-refractivity contribution in [3.05, 3.63) is 35.9 Å². The Bertz CT molecular complexity index is 469. The number of nitrogens with zero attached hydrogens (tertiary/aromatic N) is 1. The molecule has 0 radical (unpaired) electrons. The molecule has 0 amide bonds. The predicted molar refractivity (Wildman–Crippen MR) is 84.3 cm³/mol. The van der Waals surface area contributed by atoms with Crippen LogP contribution >= 0.6 is 0 Å². The molecular formula is C16H24N2OS. The molecule has 1 unspecified atom stereocenters. The topological polar surface area (TPSA) is 32.3 Å². The Hall–Kier alpha value is -0.710. The van der Waals surface area contributed by atoms with E-state index < -0.39 is 10.8 Å². The van der Waals surface area contributed by atoms with Gasteiger partial charge in [-0.2, -0.15) is 0 Å². The molecule has 4 heteroatoms. The van der Waals surface area contributed by atoms with Gasteiger partial charge in [-0.25, -0.2) is 0 Å². The third-order valence-electron chi connectivity index (χ3n) is 4.72. The van der Waals surface area contributed by atoms with Crippen molar-refractivity contribution >= 4 is 10.8 Å². The van der Waals surface area contributed by atoms with Crippen molar-refractivity contribution in [3.8, 4) is 0 Å². The minimum absolute atomic E-state index is 0.0378. The zero-order valence-corrected chi connectivity index (χ0v) is 13.0. The summed E-state index contributed by atoms with van der Waals surface area (Å²) in [6, 6.07) is 11.4. The molecule has 0 bridgehead atoms. The first kappa shape index (κ1) is 14.2. The van der Waals surface area contributed by atoms with Gasteiger partial charge in [0.05, 0.1) is 5.54 Å². The van der Waals surface area contributed by atoms with Gasteiger partial charge in [0, 0.05) is 48.0 Å². The first-order chi connectivity index (χ1) is 9.67. The molecule has 2 aliphatic rings. The van der Waals surface area contributed by atoms with E-state index in [1.165, 1.54) is 5.56 Å². The Morgan fingerprint density at radius 3 is 2.65 bits per heavy atom. The third kappa shape index (κ3) is 2.97. The molecule has 1 aromatic carbocycles. The van der Waals surface area contributed by atoms with Gasteiger partial charge in [-0.05, 0) is 25.3 Å². The van der Waals surface area contributed by atoms with E-state index >= 15 is 0 Å². The fourth-order valence-corrected chi connectivity index (χ4v) is 4.75. The van der Waals surface area contributed by atoms with Gasteiger partial charge in [0.25, 0.3) is 0 Å². The average molecular weight is 292 g/mol. The molecule has 0 aromatic heterocycles. The molecule has 1 atom stereocenters. The van der Waals surface area contributed by atoms with Crippen LogP contribution in [-0.4, -0.2) is 46.3 Å². The first-order valence-corrected chi connectivity index (χ1v) is 9.06. The lowest BCUT2D eigenvalue weighted by Crippen LogP contribution is -2.59. The van der Waals surface area contributed by atoms with E-state index in [1.807, 2.05) is 0 Å². The Morgan fingerprint density at radius 1 is 1.25 bits per heavy atom. The third-order valence-corrected chi connectivity index (χ3v) is 6.10. The van der Waals surface area contributed by atoms with Crippen LogP contribution in [0.2, 0.25) is 0 Å². The smallest absolute Gasteiger partial charge is 0.0535 e. The van der Waals surface area contributed by atoms with Crippen molar-refractivity contribution in [2.24, 2.45) is 0 Å². The first-order valence-electron chi connectivity index (χ1n) is 7.57. The number of rotatable bonds is 2. The monoisotopic (exact) mass is 292 g/mol. The molecule has 1 N–H and O–H groups in total. The molecule has 3 nitrogen and oxygen atoms in total. The van der Waals surface area contributed by atoms with Gasteiger partial charge in [-0.1, -0.05) is 30.3 Å². The van der Waals surface area contributed by atoms with E-state index in [9.17, 15) is 4.21 Å². The number of nitrogens with one attached hydrogen (secondary N) is 1. The highest BCUT2D eigenvalue weighted by Crippen LogP contribution is 2.27. The van der Waals surface area contributed by atoms with Gasteiger partial charge >= 0.3 is 0 Å². The number of hydrogen-bond donors (Lipinski definition) is 1. The number of benzene rings is 1. The van der Waals surface area contributed by atoms with Crippen LogP contribution < -0.4 is 5.32 Å². The molecule has 2 heterocycles. The molecular weight excluding hydrogens is 268 g/mol. The lowest BCUT2D eigenvalue weighted by Gasteiger charge is -2.46. The molecule has 2 aliphatic heterocycles. The molecule has 2 saturated heterocycles. The van der Waals surface area contributed by atoms with Gasteiger partial charge in [-0.15, -0.1) is 0 Å². The van der Waals surface area contributed by atoms with Crippen LogP contribution in [0.3, 0.4) is 0 Å². The highest BCUT2D eigenvalue weighted by atomic mass is 32.2. The van der Waals surface area contributed by atoms with Crippen molar-refractivity contribution in [3.63, 3.8) is 0 Å². The summed E-state index contributed by atoms with van der Waals surface area (Å²) < 4.78 is 11.5. The van der Waals surface area contributed by atoms with Gasteiger partial charge in [0.1, 0.15) is 0 Å². The summed E-state index contributed by atoms with van der Waals surface area (Å²) in [5, 5.41) is 3.69. The van der Waals surface area contributed by atoms with Crippen LogP contribution in [0.1, 0.15) is 25.3 Å². The maximum absolute atomic E-state index is 11.5. The van der Waals surface area contributed by atoms with Crippen molar-refractivity contribution in [2.75, 3.05) is 31.1 Å². The number of hydrogen-bond acceptors (Lipinski definition) is 3. The standard InChI is InChI=1S/C16H24N2OS/c1-16(14-5-3-2-4-6-14)13-18(10-9-17-16)15-7-11-20(19)12-8-15/h2-6,15,17H,7-13H2,1H3. The summed E-state index contributed by atoms with van der Waals surface area (Å²) >= 11 is 0. The molecule has 0 spiro atoms. The van der Waals surface area contributed by atoms with Crippen LogP contribution in [0, 0.1) is 0 Å². The Labute approximate surface area is 124 Å². The van der Waals surface area contributed by atoms with Gasteiger partial charge in [0.15, 0.2) is 0 Å². The van der Waals surface area contributed by atoms with E-state index in [2.05, 4.69) is 47.5 Å². The molecule has 110 valence electrons. The fraction of sp³-hybridized carbons (Fsp3) is 0.625. The number of piperazine rings is 1. The maximum atomic E-state index is 11.5. The SMILES string of the molecule is CC1(c2ccccc2)CN(C2CCS(=O)CC2)CCN1. The summed E-state index contributed by atoms with van der Waals surface area (Å²) in [5.74, 6) is 1.77. The molecule has 2 fully saturated rings. The normalized spacial score (nSPS) is 35.9. The fourth-order valence-electron chi connectivity index (χ4n) is 3.47. The lowest BCUT2D eigenvalue weighted by molar-refractivity contribution is 0.0940. The van der Waals surface area contributed by atoms with E-state index in [-0.39, 0.29) is 5.54 Å². The van der Waals surface area contributed by atoms with Crippen molar-refractivity contribution < 1.29 is 4.21 Å². The second-order valence-electron chi connectivity index (χ2n) is 6.17. The second kappa shape index (κ2) is 5.96. The molecule has 0 saturated carbocycles. The van der Waals surface area contributed by atoms with Crippen LogP contribution in [0.4, 0.5) is 0 Å². The Kier molecular flexibility index (Phi) is 4.24. The quantitative estimate of drug-likeness (QED) is 0.901. The Balaban J connectivity index is 1.71. The van der Waals surface area contributed by atoms with Crippen molar-refractivity contribution in [1.29, 1.82) is 0 Å². The molecule has 20 heavy (non-hydrogen) atoms. The van der Waals surface area contributed by atoms with E-state index in [1.54, 1.807) is 0 Å². The van der Waals surface area contributed by atoms with Crippen molar-refractivity contribution in [1.82, 2.24) is 10.2 Å². The molecule has 3 rings (SSSR count). The maximum Gasteiger partial charge on any atom is 0.0535 e. The molecule has 0 aliphatic carbocycles. The average Bonchev–Trinajstić information content (AvgIpc) is 2.49. The van der Waals surface area contributed by atoms with Crippen LogP contribution in [0.15, 0.2) is 30.3 Å².